The molecule has 6 rings (SSSR count). The number of carbonyl (C=O) groups is 1. The number of methoxy groups -OCH3 is 1. The second-order valence-corrected chi connectivity index (χ2v) is 11.7. The van der Waals surface area contributed by atoms with Gasteiger partial charge in [-0.05, 0) is 61.8 Å². The van der Waals surface area contributed by atoms with Crippen LogP contribution in [0.15, 0.2) is 52.6 Å². The molecule has 0 aliphatic carbocycles. The van der Waals surface area contributed by atoms with E-state index in [0.717, 1.165) is 44.4 Å². The van der Waals surface area contributed by atoms with Crippen LogP contribution in [0.3, 0.4) is 0 Å². The number of ether oxygens (including phenoxy) is 2. The first-order valence-electron chi connectivity index (χ1n) is 13.4. The lowest BCUT2D eigenvalue weighted by atomic mass is 9.99. The number of aliphatic imine (C=N–C) groups is 1. The number of aromatic nitrogens is 3. The summed E-state index contributed by atoms with van der Waals surface area (Å²) >= 11 is 7.88. The predicted molar refractivity (Wildman–Crippen MR) is 162 cm³/mol. The SMILES string of the molecule is COCCO/N=C1\OCc2cc(NC(=O)C[C@@H]3N=C(c4ccc(Cl)cc4)c4c(sc(C)c4C)-n4c(C)nnc43)ccc21. The molecule has 2 aromatic heterocycles. The molecule has 0 radical (unpaired) electrons. The van der Waals surface area contributed by atoms with E-state index in [2.05, 4.69) is 34.5 Å². The number of aryl methyl sites for hydroxylation is 2. The molecule has 0 saturated carbocycles. The highest BCUT2D eigenvalue weighted by molar-refractivity contribution is 7.15. The number of hydrogen-bond donors (Lipinski definition) is 1. The van der Waals surface area contributed by atoms with E-state index in [1.54, 1.807) is 18.4 Å². The third-order valence-corrected chi connectivity index (χ3v) is 8.69. The number of anilines is 1. The van der Waals surface area contributed by atoms with Crippen molar-refractivity contribution in [3.8, 4) is 5.00 Å². The lowest BCUT2D eigenvalue weighted by Crippen LogP contribution is -2.17. The van der Waals surface area contributed by atoms with Gasteiger partial charge in [-0.15, -0.1) is 21.5 Å². The summed E-state index contributed by atoms with van der Waals surface area (Å²) < 4.78 is 12.7. The Labute approximate surface area is 252 Å². The minimum absolute atomic E-state index is 0.0792. The van der Waals surface area contributed by atoms with Crippen molar-refractivity contribution < 1.29 is 19.1 Å². The molecular formula is C30H29ClN6O4S. The van der Waals surface area contributed by atoms with Gasteiger partial charge in [0.1, 0.15) is 30.1 Å². The quantitative estimate of drug-likeness (QED) is 0.204. The zero-order valence-electron chi connectivity index (χ0n) is 23.6. The number of carbonyl (C=O) groups excluding carboxylic acids is 1. The molecule has 2 aromatic carbocycles. The van der Waals surface area contributed by atoms with Crippen molar-refractivity contribution in [2.75, 3.05) is 25.6 Å². The zero-order chi connectivity index (χ0) is 29.4. The minimum Gasteiger partial charge on any atom is -0.470 e. The molecule has 2 aliphatic rings. The molecule has 4 heterocycles. The second kappa shape index (κ2) is 11.7. The maximum absolute atomic E-state index is 13.5. The molecular weight excluding hydrogens is 576 g/mol. The lowest BCUT2D eigenvalue weighted by molar-refractivity contribution is -0.116. The van der Waals surface area contributed by atoms with Gasteiger partial charge in [-0.1, -0.05) is 23.7 Å². The number of halogens is 1. The normalized spacial score (nSPS) is 16.3. The van der Waals surface area contributed by atoms with Crippen LogP contribution >= 0.6 is 22.9 Å². The summed E-state index contributed by atoms with van der Waals surface area (Å²) in [5, 5.41) is 17.6. The molecule has 0 saturated heterocycles. The molecule has 42 heavy (non-hydrogen) atoms. The van der Waals surface area contributed by atoms with Crippen molar-refractivity contribution in [1.29, 1.82) is 0 Å². The van der Waals surface area contributed by atoms with Crippen LogP contribution in [0.2, 0.25) is 5.02 Å². The molecule has 0 unspecified atom stereocenters. The summed E-state index contributed by atoms with van der Waals surface area (Å²) in [6.45, 7) is 7.22. The Kier molecular flexibility index (Phi) is 7.80. The maximum atomic E-state index is 13.5. The van der Waals surface area contributed by atoms with Gasteiger partial charge < -0.3 is 19.6 Å². The van der Waals surface area contributed by atoms with E-state index >= 15 is 0 Å². The number of benzene rings is 2. The molecule has 1 N–H and O–H groups in total. The number of oxime groups is 1. The third-order valence-electron chi connectivity index (χ3n) is 7.25. The second-order valence-electron chi connectivity index (χ2n) is 10.0. The third kappa shape index (κ3) is 5.31. The van der Waals surface area contributed by atoms with E-state index < -0.39 is 6.04 Å². The zero-order valence-corrected chi connectivity index (χ0v) is 25.2. The first-order valence-corrected chi connectivity index (χ1v) is 14.6. The summed E-state index contributed by atoms with van der Waals surface area (Å²) in [6.07, 6.45) is 0.0792. The van der Waals surface area contributed by atoms with Crippen LogP contribution < -0.4 is 5.32 Å². The van der Waals surface area contributed by atoms with Crippen molar-refractivity contribution in [2.24, 2.45) is 10.1 Å². The largest absolute Gasteiger partial charge is 0.470 e. The molecule has 10 nitrogen and oxygen atoms in total. The van der Waals surface area contributed by atoms with E-state index in [-0.39, 0.29) is 12.3 Å². The van der Waals surface area contributed by atoms with E-state index in [1.165, 1.54) is 4.88 Å². The van der Waals surface area contributed by atoms with Crippen molar-refractivity contribution in [3.63, 3.8) is 0 Å². The van der Waals surface area contributed by atoms with E-state index in [9.17, 15) is 4.79 Å². The first-order chi connectivity index (χ1) is 20.3. The summed E-state index contributed by atoms with van der Waals surface area (Å²) in [4.78, 5) is 25.1. The molecule has 0 fully saturated rings. The van der Waals surface area contributed by atoms with E-state index in [1.807, 2.05) is 54.0 Å². The van der Waals surface area contributed by atoms with Crippen LogP contribution in [0, 0.1) is 20.8 Å². The summed E-state index contributed by atoms with van der Waals surface area (Å²) in [7, 11) is 1.60. The van der Waals surface area contributed by atoms with E-state index in [0.29, 0.717) is 42.3 Å². The lowest BCUT2D eigenvalue weighted by Gasteiger charge is -2.13. The fourth-order valence-corrected chi connectivity index (χ4v) is 6.38. The molecule has 0 bridgehead atoms. The average molecular weight is 605 g/mol. The van der Waals surface area contributed by atoms with Gasteiger partial charge in [0.2, 0.25) is 5.91 Å². The number of amides is 1. The molecule has 1 atom stereocenters. The first kappa shape index (κ1) is 28.1. The van der Waals surface area contributed by atoms with Crippen molar-refractivity contribution in [2.45, 2.75) is 39.8 Å². The highest BCUT2D eigenvalue weighted by Crippen LogP contribution is 2.39. The monoisotopic (exact) mass is 604 g/mol. The van der Waals surface area contributed by atoms with Gasteiger partial charge in [0.25, 0.3) is 5.90 Å². The molecule has 216 valence electrons. The van der Waals surface area contributed by atoms with Crippen molar-refractivity contribution in [1.82, 2.24) is 14.8 Å². The number of rotatable bonds is 8. The van der Waals surface area contributed by atoms with Crippen molar-refractivity contribution in [3.05, 3.63) is 91.8 Å². The van der Waals surface area contributed by atoms with Crippen LogP contribution in [0.4, 0.5) is 5.69 Å². The summed E-state index contributed by atoms with van der Waals surface area (Å²) in [5.74, 6) is 1.59. The molecule has 4 aromatic rings. The van der Waals surface area contributed by atoms with Gasteiger partial charge in [0.05, 0.1) is 18.7 Å². The van der Waals surface area contributed by atoms with Crippen molar-refractivity contribution >= 4 is 46.1 Å². The Balaban J connectivity index is 1.29. The highest BCUT2D eigenvalue weighted by Gasteiger charge is 2.32. The van der Waals surface area contributed by atoms with Gasteiger partial charge in [0, 0.05) is 45.0 Å². The van der Waals surface area contributed by atoms with Crippen LogP contribution in [0.1, 0.15) is 56.8 Å². The number of thiophene rings is 1. The minimum atomic E-state index is -0.558. The van der Waals surface area contributed by atoms with Gasteiger partial charge in [-0.2, -0.15) is 0 Å². The number of hydrogen-bond acceptors (Lipinski definition) is 9. The molecule has 1 amide bonds. The average Bonchev–Trinajstić information content (AvgIpc) is 3.61. The van der Waals surface area contributed by atoms with E-state index in [4.69, 9.17) is 30.9 Å². The molecule has 12 heteroatoms. The van der Waals surface area contributed by atoms with Crippen LogP contribution in [-0.4, -0.2) is 52.6 Å². The Morgan fingerprint density at radius 1 is 1.17 bits per heavy atom. The Bertz CT molecular complexity index is 1730. The Hall–Kier alpha value is -4.06. The van der Waals surface area contributed by atoms with Gasteiger partial charge >= 0.3 is 0 Å². The number of nitrogens with zero attached hydrogens (tertiary/aromatic N) is 5. The van der Waals surface area contributed by atoms with Crippen LogP contribution in [0.25, 0.3) is 5.00 Å². The highest BCUT2D eigenvalue weighted by atomic mass is 35.5. The number of fused-ring (bicyclic) bond motifs is 4. The Morgan fingerprint density at radius 3 is 2.76 bits per heavy atom. The maximum Gasteiger partial charge on any atom is 0.258 e. The van der Waals surface area contributed by atoms with Gasteiger partial charge in [-0.3, -0.25) is 14.4 Å². The summed E-state index contributed by atoms with van der Waals surface area (Å²) in [5.41, 5.74) is 6.28. The van der Waals surface area contributed by atoms with Crippen LogP contribution in [0.5, 0.6) is 0 Å². The fraction of sp³-hybridized carbons (Fsp3) is 0.300. The fourth-order valence-electron chi connectivity index (χ4n) is 5.04. The molecule has 2 aliphatic heterocycles. The van der Waals surface area contributed by atoms with Gasteiger partial charge in [-0.25, -0.2) is 0 Å². The number of nitrogens with one attached hydrogen (secondary N) is 1. The summed E-state index contributed by atoms with van der Waals surface area (Å²) in [6, 6.07) is 12.6. The topological polar surface area (TPSA) is 112 Å². The standard InChI is InChI=1S/C30H29ClN6O4S/c1-16-17(2)42-30-26(16)27(19-5-7-21(31)8-6-19)33-24(28-35-34-18(3)37(28)30)14-25(38)32-22-9-10-23-20(13-22)15-40-29(23)36-41-12-11-39-4/h5-10,13,24H,11-12,14-15H2,1-4H3,(H,32,38)/b36-29-/t24-/m0/s1. The van der Waals surface area contributed by atoms with Gasteiger partial charge in [0.15, 0.2) is 5.82 Å². The Morgan fingerprint density at radius 2 is 1.98 bits per heavy atom. The van der Waals surface area contributed by atoms with Crippen LogP contribution in [-0.2, 0) is 25.7 Å². The smallest absolute Gasteiger partial charge is 0.258 e. The molecule has 0 spiro atoms. The predicted octanol–water partition coefficient (Wildman–Crippen LogP) is 5.68.